The van der Waals surface area contributed by atoms with Gasteiger partial charge in [0.2, 0.25) is 5.91 Å². The highest BCUT2D eigenvalue weighted by atomic mass is 19.1. The highest BCUT2D eigenvalue weighted by Crippen LogP contribution is 2.49. The lowest BCUT2D eigenvalue weighted by molar-refractivity contribution is -0.141. The zero-order chi connectivity index (χ0) is 19.6. The maximum absolute atomic E-state index is 13.5. The Morgan fingerprint density at radius 3 is 2.75 bits per heavy atom. The van der Waals surface area contributed by atoms with Crippen molar-refractivity contribution in [2.24, 2.45) is 5.41 Å². The molecule has 0 bridgehead atoms. The fraction of sp³-hybridized carbons (Fsp3) is 0.579. The van der Waals surface area contributed by atoms with Gasteiger partial charge in [-0.1, -0.05) is 12.1 Å². The van der Waals surface area contributed by atoms with Crippen molar-refractivity contribution in [3.05, 3.63) is 41.5 Å². The van der Waals surface area contributed by atoms with E-state index in [4.69, 9.17) is 9.47 Å². The number of halogens is 1. The fourth-order valence-corrected chi connectivity index (χ4v) is 4.18. The number of carbonyl (C=O) groups excluding carboxylic acids is 1. The van der Waals surface area contributed by atoms with Gasteiger partial charge in [-0.2, -0.15) is 0 Å². The molecule has 28 heavy (non-hydrogen) atoms. The standard InChI is InChI=1S/C19H24FN5O3/c1-27-11-8-25-17(21-22-23-25)16-12-19(6-9-28-10-7-19)18(26)24(16)13-14-2-4-15(20)5-3-14/h2-5,16H,6-13H2,1H3. The average Bonchev–Trinajstić information content (AvgIpc) is 3.27. The van der Waals surface area contributed by atoms with E-state index >= 15 is 0 Å². The van der Waals surface area contributed by atoms with Crippen LogP contribution in [0.4, 0.5) is 4.39 Å². The molecule has 1 aromatic heterocycles. The Bertz CT molecular complexity index is 819. The van der Waals surface area contributed by atoms with Crippen LogP contribution in [-0.4, -0.2) is 57.9 Å². The van der Waals surface area contributed by atoms with Gasteiger partial charge in [-0.25, -0.2) is 9.07 Å². The third-order valence-corrected chi connectivity index (χ3v) is 5.76. The second-order valence-corrected chi connectivity index (χ2v) is 7.43. The van der Waals surface area contributed by atoms with Crippen molar-refractivity contribution in [1.82, 2.24) is 25.1 Å². The van der Waals surface area contributed by atoms with Crippen molar-refractivity contribution < 1.29 is 18.7 Å². The Kier molecular flexibility index (Phi) is 5.36. The molecule has 1 spiro atoms. The van der Waals surface area contributed by atoms with E-state index in [0.29, 0.717) is 58.0 Å². The highest BCUT2D eigenvalue weighted by molar-refractivity contribution is 5.85. The summed E-state index contributed by atoms with van der Waals surface area (Å²) in [6, 6.07) is 6.02. The summed E-state index contributed by atoms with van der Waals surface area (Å²) >= 11 is 0. The molecule has 9 heteroatoms. The van der Waals surface area contributed by atoms with Crippen LogP contribution >= 0.6 is 0 Å². The first-order chi connectivity index (χ1) is 13.6. The first-order valence-corrected chi connectivity index (χ1v) is 9.51. The molecule has 8 nitrogen and oxygen atoms in total. The van der Waals surface area contributed by atoms with Crippen LogP contribution in [0.2, 0.25) is 0 Å². The molecule has 0 N–H and O–H groups in total. The maximum atomic E-state index is 13.5. The lowest BCUT2D eigenvalue weighted by Crippen LogP contribution is -2.38. The van der Waals surface area contributed by atoms with E-state index in [2.05, 4.69) is 15.5 Å². The molecule has 0 aliphatic carbocycles. The van der Waals surface area contributed by atoms with E-state index in [9.17, 15) is 9.18 Å². The van der Waals surface area contributed by atoms with Crippen molar-refractivity contribution in [3.8, 4) is 0 Å². The summed E-state index contributed by atoms with van der Waals surface area (Å²) in [5, 5.41) is 12.1. The molecule has 2 aliphatic heterocycles. The first-order valence-electron chi connectivity index (χ1n) is 9.51. The predicted molar refractivity (Wildman–Crippen MR) is 96.5 cm³/mol. The van der Waals surface area contributed by atoms with Gasteiger partial charge in [0.15, 0.2) is 5.82 Å². The monoisotopic (exact) mass is 389 g/mol. The Morgan fingerprint density at radius 1 is 1.29 bits per heavy atom. The topological polar surface area (TPSA) is 82.4 Å². The molecule has 2 saturated heterocycles. The predicted octanol–water partition coefficient (Wildman–Crippen LogP) is 1.73. The third kappa shape index (κ3) is 3.51. The second-order valence-electron chi connectivity index (χ2n) is 7.43. The second kappa shape index (κ2) is 7.92. The highest BCUT2D eigenvalue weighted by Gasteiger charge is 2.53. The molecule has 1 aromatic carbocycles. The molecule has 3 heterocycles. The van der Waals surface area contributed by atoms with Gasteiger partial charge < -0.3 is 14.4 Å². The summed E-state index contributed by atoms with van der Waals surface area (Å²) in [4.78, 5) is 15.3. The van der Waals surface area contributed by atoms with Crippen LogP contribution in [0.5, 0.6) is 0 Å². The van der Waals surface area contributed by atoms with Crippen LogP contribution < -0.4 is 0 Å². The summed E-state index contributed by atoms with van der Waals surface area (Å²) in [5.41, 5.74) is 0.431. The van der Waals surface area contributed by atoms with E-state index in [1.165, 1.54) is 12.1 Å². The van der Waals surface area contributed by atoms with Gasteiger partial charge in [-0.3, -0.25) is 4.79 Å². The normalized spacial score (nSPS) is 21.6. The molecule has 2 aliphatic rings. The minimum Gasteiger partial charge on any atom is -0.383 e. The van der Waals surface area contributed by atoms with Gasteiger partial charge in [-0.15, -0.1) is 5.10 Å². The number of benzene rings is 1. The SMILES string of the molecule is COCCn1nnnc1C1CC2(CCOCC2)C(=O)N1Cc1ccc(F)cc1. The minimum atomic E-state index is -0.443. The first kappa shape index (κ1) is 18.9. The number of aromatic nitrogens is 4. The van der Waals surface area contributed by atoms with Crippen LogP contribution in [0.1, 0.15) is 36.7 Å². The van der Waals surface area contributed by atoms with Crippen molar-refractivity contribution in [2.45, 2.75) is 38.4 Å². The molecule has 4 rings (SSSR count). The average molecular weight is 389 g/mol. The number of methoxy groups -OCH3 is 1. The Hall–Kier alpha value is -2.39. The molecule has 150 valence electrons. The zero-order valence-electron chi connectivity index (χ0n) is 15.9. The van der Waals surface area contributed by atoms with Gasteiger partial charge in [0.05, 0.1) is 24.6 Å². The number of ether oxygens (including phenoxy) is 2. The van der Waals surface area contributed by atoms with Crippen molar-refractivity contribution in [1.29, 1.82) is 0 Å². The van der Waals surface area contributed by atoms with E-state index in [1.807, 2.05) is 4.90 Å². The van der Waals surface area contributed by atoms with Crippen molar-refractivity contribution >= 4 is 5.91 Å². The lowest BCUT2D eigenvalue weighted by Gasteiger charge is -2.31. The van der Waals surface area contributed by atoms with Crippen molar-refractivity contribution in [2.75, 3.05) is 26.9 Å². The van der Waals surface area contributed by atoms with Crippen LogP contribution in [-0.2, 0) is 27.4 Å². The fourth-order valence-electron chi connectivity index (χ4n) is 4.18. The number of tetrazole rings is 1. The molecule has 2 aromatic rings. The number of likely N-dealkylation sites (tertiary alicyclic amines) is 1. The molecule has 1 unspecified atom stereocenters. The number of hydrogen-bond donors (Lipinski definition) is 0. The summed E-state index contributed by atoms with van der Waals surface area (Å²) in [7, 11) is 1.63. The van der Waals surface area contributed by atoms with Gasteiger partial charge in [0.25, 0.3) is 0 Å². The van der Waals surface area contributed by atoms with E-state index < -0.39 is 5.41 Å². The number of carbonyl (C=O) groups is 1. The molecular weight excluding hydrogens is 365 g/mol. The molecular formula is C19H24FN5O3. The van der Waals surface area contributed by atoms with Crippen LogP contribution in [0, 0.1) is 11.2 Å². The number of amides is 1. The lowest BCUT2D eigenvalue weighted by atomic mass is 9.77. The number of nitrogens with zero attached hydrogens (tertiary/aromatic N) is 5. The summed E-state index contributed by atoms with van der Waals surface area (Å²) < 4.78 is 25.7. The largest absolute Gasteiger partial charge is 0.383 e. The smallest absolute Gasteiger partial charge is 0.229 e. The quantitative estimate of drug-likeness (QED) is 0.748. The van der Waals surface area contributed by atoms with Gasteiger partial charge in [0, 0.05) is 26.9 Å². The minimum absolute atomic E-state index is 0.103. The van der Waals surface area contributed by atoms with E-state index in [-0.39, 0.29) is 17.8 Å². The molecule has 1 atom stereocenters. The van der Waals surface area contributed by atoms with E-state index in [1.54, 1.807) is 23.9 Å². The number of rotatable bonds is 6. The Morgan fingerprint density at radius 2 is 2.04 bits per heavy atom. The Balaban J connectivity index is 1.66. The van der Waals surface area contributed by atoms with Crippen molar-refractivity contribution in [3.63, 3.8) is 0 Å². The zero-order valence-corrected chi connectivity index (χ0v) is 15.9. The Labute approximate surface area is 162 Å². The van der Waals surface area contributed by atoms with Gasteiger partial charge >= 0.3 is 0 Å². The third-order valence-electron chi connectivity index (χ3n) is 5.76. The number of hydrogen-bond acceptors (Lipinski definition) is 6. The summed E-state index contributed by atoms with van der Waals surface area (Å²) in [6.07, 6.45) is 2.05. The molecule has 2 fully saturated rings. The summed E-state index contributed by atoms with van der Waals surface area (Å²) in [6.45, 7) is 2.55. The van der Waals surface area contributed by atoms with Gasteiger partial charge in [0.1, 0.15) is 5.82 Å². The molecule has 0 radical (unpaired) electrons. The van der Waals surface area contributed by atoms with Crippen LogP contribution in [0.15, 0.2) is 24.3 Å². The molecule has 1 amide bonds. The van der Waals surface area contributed by atoms with Crippen LogP contribution in [0.3, 0.4) is 0 Å². The van der Waals surface area contributed by atoms with Crippen LogP contribution in [0.25, 0.3) is 0 Å². The van der Waals surface area contributed by atoms with E-state index in [0.717, 1.165) is 5.56 Å². The molecule has 0 saturated carbocycles. The summed E-state index contributed by atoms with van der Waals surface area (Å²) in [5.74, 6) is 0.472. The van der Waals surface area contributed by atoms with Gasteiger partial charge in [-0.05, 0) is 47.4 Å². The maximum Gasteiger partial charge on any atom is 0.229 e.